The number of ether oxygens (including phenoxy) is 2. The standard InChI is InChI=1S/C25H29F3O4/c1-3-5-18-14-19(25(26,27)28)7-11-23(18)32-13-4-12-31-20-8-10-22-17(15-20)6-9-21(22)16(2)24(29)30/h7-8,10-11,14-16,21H,3-6,9,12-13H2,1-2H3,(H,29,30)/t16-,21-/m0/s1. The number of halogens is 3. The normalized spacial score (nSPS) is 16.5. The lowest BCUT2D eigenvalue weighted by Gasteiger charge is -2.16. The minimum absolute atomic E-state index is 0.0333. The molecule has 0 fully saturated rings. The van der Waals surface area contributed by atoms with Crippen LogP contribution < -0.4 is 9.47 Å². The maximum absolute atomic E-state index is 12.9. The van der Waals surface area contributed by atoms with Crippen molar-refractivity contribution in [3.63, 3.8) is 0 Å². The van der Waals surface area contributed by atoms with Crippen molar-refractivity contribution in [2.75, 3.05) is 13.2 Å². The van der Waals surface area contributed by atoms with Gasteiger partial charge >= 0.3 is 12.1 Å². The van der Waals surface area contributed by atoms with Crippen molar-refractivity contribution in [1.82, 2.24) is 0 Å². The second kappa shape index (κ2) is 10.3. The SMILES string of the molecule is CCCc1cc(C(F)(F)F)ccc1OCCCOc1ccc2c(c1)CC[C@H]2[C@H](C)C(=O)O. The summed E-state index contributed by atoms with van der Waals surface area (Å²) >= 11 is 0. The highest BCUT2D eigenvalue weighted by Crippen LogP contribution is 2.40. The summed E-state index contributed by atoms with van der Waals surface area (Å²) in [6.45, 7) is 4.41. The highest BCUT2D eigenvalue weighted by atomic mass is 19.4. The molecule has 174 valence electrons. The maximum Gasteiger partial charge on any atom is 0.416 e. The number of aryl methyl sites for hydroxylation is 2. The van der Waals surface area contributed by atoms with Gasteiger partial charge in [-0.1, -0.05) is 26.3 Å². The molecule has 0 unspecified atom stereocenters. The third-order valence-corrected chi connectivity index (χ3v) is 5.95. The minimum atomic E-state index is -4.36. The number of hydrogen-bond acceptors (Lipinski definition) is 3. The number of alkyl halides is 3. The van der Waals surface area contributed by atoms with Gasteiger partial charge in [-0.25, -0.2) is 0 Å². The molecule has 2 atom stereocenters. The number of aliphatic carboxylic acids is 1. The second-order valence-corrected chi connectivity index (χ2v) is 8.25. The number of rotatable bonds is 10. The Morgan fingerprint density at radius 1 is 1.16 bits per heavy atom. The van der Waals surface area contributed by atoms with Gasteiger partial charge in [-0.3, -0.25) is 4.79 Å². The Balaban J connectivity index is 1.51. The molecule has 1 N–H and O–H groups in total. The van der Waals surface area contributed by atoms with E-state index in [4.69, 9.17) is 9.47 Å². The number of fused-ring (bicyclic) bond motifs is 1. The van der Waals surface area contributed by atoms with Gasteiger partial charge < -0.3 is 14.6 Å². The average molecular weight is 450 g/mol. The molecule has 3 rings (SSSR count). The van der Waals surface area contributed by atoms with E-state index in [0.29, 0.717) is 37.4 Å². The van der Waals surface area contributed by atoms with E-state index in [1.807, 2.05) is 25.1 Å². The van der Waals surface area contributed by atoms with E-state index in [9.17, 15) is 23.1 Å². The van der Waals surface area contributed by atoms with Crippen LogP contribution in [0.15, 0.2) is 36.4 Å². The van der Waals surface area contributed by atoms with E-state index < -0.39 is 23.6 Å². The van der Waals surface area contributed by atoms with E-state index in [0.717, 1.165) is 42.2 Å². The van der Waals surface area contributed by atoms with Crippen molar-refractivity contribution in [3.8, 4) is 11.5 Å². The summed E-state index contributed by atoms with van der Waals surface area (Å²) in [5.74, 6) is 0.0526. The molecule has 0 saturated heterocycles. The molecule has 1 aliphatic carbocycles. The lowest BCUT2D eigenvalue weighted by molar-refractivity contribution is -0.142. The maximum atomic E-state index is 12.9. The molecule has 7 heteroatoms. The third-order valence-electron chi connectivity index (χ3n) is 5.95. The van der Waals surface area contributed by atoms with E-state index in [-0.39, 0.29) is 5.92 Å². The molecule has 0 heterocycles. The highest BCUT2D eigenvalue weighted by molar-refractivity contribution is 5.71. The smallest absolute Gasteiger partial charge is 0.416 e. The number of carbonyl (C=O) groups is 1. The van der Waals surface area contributed by atoms with Gasteiger partial charge in [0.15, 0.2) is 0 Å². The van der Waals surface area contributed by atoms with Gasteiger partial charge in [0.2, 0.25) is 0 Å². The van der Waals surface area contributed by atoms with Gasteiger partial charge in [-0.2, -0.15) is 13.2 Å². The molecule has 0 spiro atoms. The second-order valence-electron chi connectivity index (χ2n) is 8.25. The van der Waals surface area contributed by atoms with Gasteiger partial charge in [-0.15, -0.1) is 0 Å². The first-order valence-electron chi connectivity index (χ1n) is 11.0. The first-order valence-corrected chi connectivity index (χ1v) is 11.0. The predicted molar refractivity (Wildman–Crippen MR) is 115 cm³/mol. The molecule has 1 aliphatic rings. The molecule has 0 radical (unpaired) electrons. The van der Waals surface area contributed by atoms with Crippen molar-refractivity contribution < 1.29 is 32.5 Å². The van der Waals surface area contributed by atoms with Crippen LogP contribution >= 0.6 is 0 Å². The fourth-order valence-electron chi connectivity index (χ4n) is 4.20. The van der Waals surface area contributed by atoms with Crippen LogP contribution in [0.25, 0.3) is 0 Å². The summed E-state index contributed by atoms with van der Waals surface area (Å²) < 4.78 is 50.4. The van der Waals surface area contributed by atoms with Crippen molar-refractivity contribution in [3.05, 3.63) is 58.7 Å². The zero-order valence-electron chi connectivity index (χ0n) is 18.4. The summed E-state index contributed by atoms with van der Waals surface area (Å²) in [6, 6.07) is 9.40. The Bertz CT molecular complexity index is 939. The zero-order valence-corrected chi connectivity index (χ0v) is 18.4. The third kappa shape index (κ3) is 5.75. The summed E-state index contributed by atoms with van der Waals surface area (Å²) in [7, 11) is 0. The lowest BCUT2D eigenvalue weighted by atomic mass is 9.89. The van der Waals surface area contributed by atoms with E-state index in [1.54, 1.807) is 6.92 Å². The molecule has 0 aromatic heterocycles. The number of hydrogen-bond donors (Lipinski definition) is 1. The van der Waals surface area contributed by atoms with Crippen LogP contribution in [0, 0.1) is 5.92 Å². The molecule has 2 aromatic rings. The largest absolute Gasteiger partial charge is 0.493 e. The van der Waals surface area contributed by atoms with Gasteiger partial charge in [-0.05, 0) is 72.2 Å². The number of carboxylic acid groups (broad SMARTS) is 1. The quantitative estimate of drug-likeness (QED) is 0.434. The monoisotopic (exact) mass is 450 g/mol. The lowest BCUT2D eigenvalue weighted by Crippen LogP contribution is -2.17. The average Bonchev–Trinajstić information content (AvgIpc) is 3.16. The first-order chi connectivity index (χ1) is 15.2. The van der Waals surface area contributed by atoms with Gasteiger partial charge in [0.05, 0.1) is 24.7 Å². The first kappa shape index (κ1) is 24.0. The van der Waals surface area contributed by atoms with Crippen molar-refractivity contribution in [1.29, 1.82) is 0 Å². The molecule has 0 amide bonds. The Hall–Kier alpha value is -2.70. The van der Waals surface area contributed by atoms with Crippen LogP contribution in [-0.4, -0.2) is 24.3 Å². The number of carboxylic acids is 1. The fourth-order valence-corrected chi connectivity index (χ4v) is 4.20. The minimum Gasteiger partial charge on any atom is -0.493 e. The van der Waals surface area contributed by atoms with Crippen molar-refractivity contribution in [2.45, 2.75) is 58.0 Å². The predicted octanol–water partition coefficient (Wildman–Crippen LogP) is 6.26. The Labute approximate surface area is 186 Å². The molecular weight excluding hydrogens is 421 g/mol. The van der Waals surface area contributed by atoms with Gasteiger partial charge in [0.25, 0.3) is 0 Å². The molecule has 32 heavy (non-hydrogen) atoms. The van der Waals surface area contributed by atoms with Crippen molar-refractivity contribution in [2.24, 2.45) is 5.92 Å². The van der Waals surface area contributed by atoms with E-state index >= 15 is 0 Å². The molecule has 0 aliphatic heterocycles. The fraction of sp³-hybridized carbons (Fsp3) is 0.480. The van der Waals surface area contributed by atoms with Crippen LogP contribution in [0.2, 0.25) is 0 Å². The molecule has 0 bridgehead atoms. The molecule has 0 saturated carbocycles. The summed E-state index contributed by atoms with van der Waals surface area (Å²) in [6.07, 6.45) is -0.865. The summed E-state index contributed by atoms with van der Waals surface area (Å²) in [4.78, 5) is 11.3. The highest BCUT2D eigenvalue weighted by Gasteiger charge is 2.32. The van der Waals surface area contributed by atoms with Crippen LogP contribution in [-0.2, 0) is 23.8 Å². The van der Waals surface area contributed by atoms with E-state index in [1.165, 1.54) is 12.1 Å². The number of benzene rings is 2. The summed E-state index contributed by atoms with van der Waals surface area (Å²) in [5, 5.41) is 9.28. The topological polar surface area (TPSA) is 55.8 Å². The van der Waals surface area contributed by atoms with Crippen LogP contribution in [0.4, 0.5) is 13.2 Å². The zero-order chi connectivity index (χ0) is 23.3. The van der Waals surface area contributed by atoms with Crippen LogP contribution in [0.3, 0.4) is 0 Å². The summed E-state index contributed by atoms with van der Waals surface area (Å²) in [5.41, 5.74) is 2.12. The van der Waals surface area contributed by atoms with Crippen LogP contribution in [0.1, 0.15) is 61.3 Å². The van der Waals surface area contributed by atoms with Gasteiger partial charge in [0, 0.05) is 6.42 Å². The van der Waals surface area contributed by atoms with Crippen LogP contribution in [0.5, 0.6) is 11.5 Å². The Kier molecular flexibility index (Phi) is 7.69. The Morgan fingerprint density at radius 3 is 2.59 bits per heavy atom. The van der Waals surface area contributed by atoms with Crippen molar-refractivity contribution >= 4 is 5.97 Å². The van der Waals surface area contributed by atoms with E-state index in [2.05, 4.69) is 0 Å². The Morgan fingerprint density at radius 2 is 1.91 bits per heavy atom. The van der Waals surface area contributed by atoms with Gasteiger partial charge in [0.1, 0.15) is 11.5 Å². The molecule has 2 aromatic carbocycles. The molecule has 4 nitrogen and oxygen atoms in total. The molecular formula is C25H29F3O4.